The second kappa shape index (κ2) is 9.57. The molecular weight excluding hydrogens is 402 g/mol. The van der Waals surface area contributed by atoms with E-state index in [-0.39, 0.29) is 18.0 Å². The van der Waals surface area contributed by atoms with Gasteiger partial charge in [-0.2, -0.15) is 5.10 Å². The number of rotatable bonds is 9. The molecule has 0 saturated heterocycles. The van der Waals surface area contributed by atoms with E-state index in [0.717, 1.165) is 11.1 Å². The molecule has 0 unspecified atom stereocenters. The molecule has 9 nitrogen and oxygen atoms in total. The van der Waals surface area contributed by atoms with Gasteiger partial charge in [0, 0.05) is 11.1 Å². The van der Waals surface area contributed by atoms with Crippen LogP contribution in [0.1, 0.15) is 21.5 Å². The molecule has 0 fully saturated rings. The number of hydrogen-bond donors (Lipinski definition) is 0. The largest absolute Gasteiger partial charge is 0.496 e. The number of hydrogen-bond acceptors (Lipinski definition) is 7. The fourth-order valence-electron chi connectivity index (χ4n) is 2.99. The molecule has 0 aliphatic heterocycles. The Bertz CT molecular complexity index is 1140. The van der Waals surface area contributed by atoms with Crippen LogP contribution < -0.4 is 14.2 Å². The van der Waals surface area contributed by atoms with E-state index in [1.54, 1.807) is 37.5 Å². The maximum atomic E-state index is 12.6. The number of nitro groups is 1. The minimum Gasteiger partial charge on any atom is -0.496 e. The van der Waals surface area contributed by atoms with E-state index in [9.17, 15) is 14.9 Å². The highest BCUT2D eigenvalue weighted by Crippen LogP contribution is 2.28. The SMILES string of the molecule is COc1ccc(/C=C/C(=O)c2ccc(OC)c(OC)c2)cc1Cn1cc([N+](=O)[O-])cn1. The van der Waals surface area contributed by atoms with Crippen LogP contribution in [0.2, 0.25) is 0 Å². The third kappa shape index (κ3) is 5.08. The van der Waals surface area contributed by atoms with Crippen molar-refractivity contribution in [3.63, 3.8) is 0 Å². The Hall–Kier alpha value is -4.14. The van der Waals surface area contributed by atoms with Crippen LogP contribution in [0.25, 0.3) is 6.08 Å². The van der Waals surface area contributed by atoms with E-state index in [2.05, 4.69) is 5.10 Å². The summed E-state index contributed by atoms with van der Waals surface area (Å²) in [6.45, 7) is 0.280. The molecule has 0 saturated carbocycles. The molecule has 0 spiro atoms. The van der Waals surface area contributed by atoms with Crippen molar-refractivity contribution in [2.75, 3.05) is 21.3 Å². The molecule has 0 amide bonds. The highest BCUT2D eigenvalue weighted by Gasteiger charge is 2.12. The number of carbonyl (C=O) groups excluding carboxylic acids is 1. The molecule has 0 atom stereocenters. The standard InChI is InChI=1S/C22H21N3O6/c1-29-20-8-5-15(10-17(20)13-24-14-18(12-23-24)25(27)28)4-7-19(26)16-6-9-21(30-2)22(11-16)31-3/h4-12,14H,13H2,1-3H3/b7-4+. The minimum atomic E-state index is -0.500. The van der Waals surface area contributed by atoms with Gasteiger partial charge >= 0.3 is 5.69 Å². The lowest BCUT2D eigenvalue weighted by atomic mass is 10.1. The summed E-state index contributed by atoms with van der Waals surface area (Å²) in [5.74, 6) is 1.44. The van der Waals surface area contributed by atoms with E-state index in [1.165, 1.54) is 37.4 Å². The molecule has 3 rings (SSSR count). The number of aromatic nitrogens is 2. The molecule has 9 heteroatoms. The molecule has 160 valence electrons. The van der Waals surface area contributed by atoms with Crippen molar-refractivity contribution in [3.8, 4) is 17.2 Å². The highest BCUT2D eigenvalue weighted by molar-refractivity contribution is 6.07. The van der Waals surface area contributed by atoms with Gasteiger partial charge in [0.2, 0.25) is 0 Å². The topological polar surface area (TPSA) is 106 Å². The maximum Gasteiger partial charge on any atom is 0.307 e. The average Bonchev–Trinajstić information content (AvgIpc) is 3.26. The molecule has 0 aliphatic carbocycles. The zero-order valence-corrected chi connectivity index (χ0v) is 17.3. The Balaban J connectivity index is 1.81. The van der Waals surface area contributed by atoms with Crippen molar-refractivity contribution in [2.45, 2.75) is 6.54 Å². The van der Waals surface area contributed by atoms with Gasteiger partial charge in [0.25, 0.3) is 0 Å². The summed E-state index contributed by atoms with van der Waals surface area (Å²) >= 11 is 0. The van der Waals surface area contributed by atoms with E-state index in [0.29, 0.717) is 22.8 Å². The van der Waals surface area contributed by atoms with Crippen molar-refractivity contribution >= 4 is 17.5 Å². The Kier molecular flexibility index (Phi) is 6.66. The first kappa shape index (κ1) is 21.6. The van der Waals surface area contributed by atoms with Gasteiger partial charge in [0.1, 0.15) is 18.1 Å². The first-order valence-corrected chi connectivity index (χ1v) is 9.23. The van der Waals surface area contributed by atoms with Gasteiger partial charge < -0.3 is 14.2 Å². The highest BCUT2D eigenvalue weighted by atomic mass is 16.6. The predicted molar refractivity (Wildman–Crippen MR) is 114 cm³/mol. The number of allylic oxidation sites excluding steroid dienone is 1. The zero-order valence-electron chi connectivity index (χ0n) is 17.3. The third-order valence-electron chi connectivity index (χ3n) is 4.56. The van der Waals surface area contributed by atoms with Crippen LogP contribution in [0, 0.1) is 10.1 Å². The maximum absolute atomic E-state index is 12.6. The van der Waals surface area contributed by atoms with Crippen molar-refractivity contribution in [1.82, 2.24) is 9.78 Å². The summed E-state index contributed by atoms with van der Waals surface area (Å²) in [6, 6.07) is 10.4. The van der Waals surface area contributed by atoms with Crippen LogP contribution in [0.15, 0.2) is 54.9 Å². The van der Waals surface area contributed by atoms with E-state index < -0.39 is 4.92 Å². The van der Waals surface area contributed by atoms with E-state index in [1.807, 2.05) is 12.1 Å². The first-order valence-electron chi connectivity index (χ1n) is 9.23. The number of ether oxygens (including phenoxy) is 3. The average molecular weight is 423 g/mol. The van der Waals surface area contributed by atoms with Gasteiger partial charge in [0.15, 0.2) is 17.3 Å². The number of carbonyl (C=O) groups is 1. The van der Waals surface area contributed by atoms with Gasteiger partial charge in [-0.3, -0.25) is 19.6 Å². The van der Waals surface area contributed by atoms with Crippen molar-refractivity contribution in [2.24, 2.45) is 0 Å². The lowest BCUT2D eigenvalue weighted by Crippen LogP contribution is -2.02. The molecule has 1 heterocycles. The second-order valence-electron chi connectivity index (χ2n) is 6.49. The Morgan fingerprint density at radius 3 is 2.42 bits per heavy atom. The smallest absolute Gasteiger partial charge is 0.307 e. The Morgan fingerprint density at radius 1 is 1.06 bits per heavy atom. The lowest BCUT2D eigenvalue weighted by molar-refractivity contribution is -0.385. The van der Waals surface area contributed by atoms with Gasteiger partial charge in [0.05, 0.1) is 32.8 Å². The predicted octanol–water partition coefficient (Wildman–Crippen LogP) is 3.76. The van der Waals surface area contributed by atoms with Crippen molar-refractivity contribution < 1.29 is 23.9 Å². The van der Waals surface area contributed by atoms with Crippen LogP contribution in [-0.4, -0.2) is 41.8 Å². The van der Waals surface area contributed by atoms with E-state index >= 15 is 0 Å². The zero-order chi connectivity index (χ0) is 22.4. The van der Waals surface area contributed by atoms with Crippen LogP contribution in [0.5, 0.6) is 17.2 Å². The number of benzene rings is 2. The van der Waals surface area contributed by atoms with Crippen LogP contribution in [-0.2, 0) is 6.54 Å². The second-order valence-corrected chi connectivity index (χ2v) is 6.49. The van der Waals surface area contributed by atoms with E-state index in [4.69, 9.17) is 14.2 Å². The van der Waals surface area contributed by atoms with Gasteiger partial charge in [-0.15, -0.1) is 0 Å². The third-order valence-corrected chi connectivity index (χ3v) is 4.56. The fraction of sp³-hybridized carbons (Fsp3) is 0.182. The van der Waals surface area contributed by atoms with Crippen LogP contribution in [0.3, 0.4) is 0 Å². The summed E-state index contributed by atoms with van der Waals surface area (Å²) < 4.78 is 17.3. The monoisotopic (exact) mass is 423 g/mol. The van der Waals surface area contributed by atoms with Gasteiger partial charge in [-0.05, 0) is 42.0 Å². The summed E-state index contributed by atoms with van der Waals surface area (Å²) in [6.07, 6.45) is 5.69. The molecule has 0 N–H and O–H groups in total. The van der Waals surface area contributed by atoms with Crippen molar-refractivity contribution in [1.29, 1.82) is 0 Å². The molecule has 1 aromatic heterocycles. The molecule has 0 bridgehead atoms. The summed E-state index contributed by atoms with van der Waals surface area (Å²) in [7, 11) is 4.58. The Morgan fingerprint density at radius 2 is 1.77 bits per heavy atom. The molecule has 31 heavy (non-hydrogen) atoms. The minimum absolute atomic E-state index is 0.0875. The van der Waals surface area contributed by atoms with Crippen LogP contribution in [0.4, 0.5) is 5.69 Å². The molecule has 3 aromatic rings. The van der Waals surface area contributed by atoms with Crippen molar-refractivity contribution in [3.05, 3.63) is 81.7 Å². The van der Waals surface area contributed by atoms with Crippen LogP contribution >= 0.6 is 0 Å². The normalized spacial score (nSPS) is 10.8. The molecule has 0 radical (unpaired) electrons. The summed E-state index contributed by atoms with van der Waals surface area (Å²) in [5.41, 5.74) is 1.91. The molecule has 0 aliphatic rings. The first-order chi connectivity index (χ1) is 14.9. The lowest BCUT2D eigenvalue weighted by Gasteiger charge is -2.10. The number of methoxy groups -OCH3 is 3. The molecule has 2 aromatic carbocycles. The van der Waals surface area contributed by atoms with Gasteiger partial charge in [-0.1, -0.05) is 12.1 Å². The number of nitrogens with zero attached hydrogens (tertiary/aromatic N) is 3. The summed E-state index contributed by atoms with van der Waals surface area (Å²) in [4.78, 5) is 22.9. The van der Waals surface area contributed by atoms with Gasteiger partial charge in [-0.25, -0.2) is 0 Å². The quantitative estimate of drug-likeness (QED) is 0.223. The number of ketones is 1. The summed E-state index contributed by atoms with van der Waals surface area (Å²) in [5, 5.41) is 14.9. The fourth-order valence-corrected chi connectivity index (χ4v) is 2.99. The Labute approximate surface area is 178 Å². The molecular formula is C22H21N3O6.